The minimum absolute atomic E-state index is 0.264. The first kappa shape index (κ1) is 13.6. The fourth-order valence-electron chi connectivity index (χ4n) is 1.69. The second-order valence-corrected chi connectivity index (χ2v) is 5.06. The van der Waals surface area contributed by atoms with Crippen LogP contribution in [0.2, 0.25) is 0 Å². The average Bonchev–Trinajstić information content (AvgIpc) is 2.77. The zero-order chi connectivity index (χ0) is 13.8. The minimum Gasteiger partial charge on any atom is -0.478 e. The summed E-state index contributed by atoms with van der Waals surface area (Å²) in [5, 5.41) is 16.3. The maximum atomic E-state index is 10.8. The molecule has 100 valence electrons. The van der Waals surface area contributed by atoms with Crippen LogP contribution in [-0.2, 0) is 6.54 Å². The first-order chi connectivity index (χ1) is 9.06. The van der Waals surface area contributed by atoms with Crippen molar-refractivity contribution in [2.75, 3.05) is 11.9 Å². The molecule has 2 rings (SSSR count). The zero-order valence-electron chi connectivity index (χ0n) is 10.4. The fraction of sp³-hybridized carbons (Fsp3) is 0.231. The van der Waals surface area contributed by atoms with Crippen LogP contribution in [-0.4, -0.2) is 27.4 Å². The first-order valence-corrected chi connectivity index (χ1v) is 6.61. The highest BCUT2D eigenvalue weighted by Crippen LogP contribution is 2.23. The highest BCUT2D eigenvalue weighted by Gasteiger charge is 2.06. The summed E-state index contributed by atoms with van der Waals surface area (Å²) in [6.07, 6.45) is 3.79. The molecule has 0 bridgehead atoms. The number of aromatic carboxylic acids is 1. The molecule has 0 fully saturated rings. The molecule has 2 aromatic rings. The van der Waals surface area contributed by atoms with Crippen molar-refractivity contribution >= 4 is 27.6 Å². The predicted octanol–water partition coefficient (Wildman–Crippen LogP) is 2.76. The van der Waals surface area contributed by atoms with Gasteiger partial charge < -0.3 is 10.4 Å². The molecule has 0 unspecified atom stereocenters. The third-order valence-electron chi connectivity index (χ3n) is 2.63. The summed E-state index contributed by atoms with van der Waals surface area (Å²) in [7, 11) is 0. The van der Waals surface area contributed by atoms with Gasteiger partial charge in [-0.05, 0) is 46.6 Å². The Hall–Kier alpha value is -1.82. The van der Waals surface area contributed by atoms with E-state index in [-0.39, 0.29) is 5.56 Å². The van der Waals surface area contributed by atoms with Gasteiger partial charge in [0.1, 0.15) is 0 Å². The molecular weight excluding hydrogens is 310 g/mol. The Labute approximate surface area is 119 Å². The molecule has 0 saturated carbocycles. The Kier molecular flexibility index (Phi) is 4.21. The average molecular weight is 324 g/mol. The Bertz CT molecular complexity index is 595. The third-order valence-corrected chi connectivity index (χ3v) is 3.29. The quantitative estimate of drug-likeness (QED) is 0.887. The van der Waals surface area contributed by atoms with E-state index in [1.54, 1.807) is 18.2 Å². The van der Waals surface area contributed by atoms with E-state index in [1.807, 2.05) is 24.0 Å². The van der Waals surface area contributed by atoms with Crippen LogP contribution in [0.1, 0.15) is 15.9 Å². The van der Waals surface area contributed by atoms with Crippen LogP contribution in [0, 0.1) is 6.92 Å². The van der Waals surface area contributed by atoms with E-state index in [4.69, 9.17) is 5.11 Å². The van der Waals surface area contributed by atoms with Gasteiger partial charge in [-0.15, -0.1) is 0 Å². The van der Waals surface area contributed by atoms with Gasteiger partial charge >= 0.3 is 5.97 Å². The number of nitrogens with one attached hydrogen (secondary N) is 1. The smallest absolute Gasteiger partial charge is 0.335 e. The van der Waals surface area contributed by atoms with Gasteiger partial charge in [-0.3, -0.25) is 4.68 Å². The van der Waals surface area contributed by atoms with Gasteiger partial charge in [0.05, 0.1) is 18.3 Å². The molecule has 0 amide bonds. The van der Waals surface area contributed by atoms with Crippen LogP contribution >= 0.6 is 15.9 Å². The number of carboxylic acid groups (broad SMARTS) is 1. The molecule has 1 aromatic heterocycles. The number of carboxylic acids is 1. The van der Waals surface area contributed by atoms with Gasteiger partial charge in [-0.1, -0.05) is 0 Å². The van der Waals surface area contributed by atoms with E-state index in [1.165, 1.54) is 0 Å². The number of benzene rings is 1. The van der Waals surface area contributed by atoms with Crippen molar-refractivity contribution < 1.29 is 9.90 Å². The lowest BCUT2D eigenvalue weighted by Crippen LogP contribution is -2.11. The number of nitrogens with zero attached hydrogens (tertiary/aromatic N) is 2. The Balaban J connectivity index is 1.94. The first-order valence-electron chi connectivity index (χ1n) is 5.82. The van der Waals surface area contributed by atoms with Crippen LogP contribution in [0.15, 0.2) is 35.1 Å². The van der Waals surface area contributed by atoms with E-state index in [9.17, 15) is 4.79 Å². The molecule has 0 atom stereocenters. The number of aromatic nitrogens is 2. The standard InChI is InChI=1S/C13H14BrN3O2/c1-9-7-16-17(8-9)5-4-15-12-3-2-10(13(18)19)6-11(12)14/h2-3,6-8,15H,4-5H2,1H3,(H,18,19). The zero-order valence-corrected chi connectivity index (χ0v) is 12.0. The summed E-state index contributed by atoms with van der Waals surface area (Å²) in [5.74, 6) is -0.931. The number of rotatable bonds is 5. The number of carbonyl (C=O) groups is 1. The van der Waals surface area contributed by atoms with Gasteiger partial charge in [-0.2, -0.15) is 5.10 Å². The topological polar surface area (TPSA) is 67.2 Å². The fourth-order valence-corrected chi connectivity index (χ4v) is 2.20. The molecule has 0 spiro atoms. The molecule has 1 aromatic carbocycles. The van der Waals surface area contributed by atoms with Gasteiger partial charge in [0.25, 0.3) is 0 Å². The minimum atomic E-state index is -0.931. The Morgan fingerprint density at radius 2 is 2.32 bits per heavy atom. The lowest BCUT2D eigenvalue weighted by Gasteiger charge is -2.09. The highest BCUT2D eigenvalue weighted by molar-refractivity contribution is 9.10. The maximum Gasteiger partial charge on any atom is 0.335 e. The number of halogens is 1. The monoisotopic (exact) mass is 323 g/mol. The second kappa shape index (κ2) is 5.88. The predicted molar refractivity (Wildman–Crippen MR) is 76.6 cm³/mol. The number of aryl methyl sites for hydroxylation is 1. The molecule has 6 heteroatoms. The van der Waals surface area contributed by atoms with Crippen molar-refractivity contribution in [3.63, 3.8) is 0 Å². The van der Waals surface area contributed by atoms with Crippen molar-refractivity contribution in [2.24, 2.45) is 0 Å². The van der Waals surface area contributed by atoms with Crippen LogP contribution in [0.5, 0.6) is 0 Å². The summed E-state index contributed by atoms with van der Waals surface area (Å²) in [6, 6.07) is 4.91. The number of hydrogen-bond acceptors (Lipinski definition) is 3. The van der Waals surface area contributed by atoms with E-state index in [0.29, 0.717) is 6.54 Å². The van der Waals surface area contributed by atoms with Crippen LogP contribution < -0.4 is 5.32 Å². The molecule has 0 aliphatic rings. The molecule has 0 radical (unpaired) electrons. The maximum absolute atomic E-state index is 10.8. The van der Waals surface area contributed by atoms with Crippen LogP contribution in [0.3, 0.4) is 0 Å². The molecule has 0 aliphatic carbocycles. The van der Waals surface area contributed by atoms with Crippen molar-refractivity contribution in [1.82, 2.24) is 9.78 Å². The summed E-state index contributed by atoms with van der Waals surface area (Å²) in [5.41, 5.74) is 2.26. The third kappa shape index (κ3) is 3.57. The van der Waals surface area contributed by atoms with Crippen molar-refractivity contribution in [3.05, 3.63) is 46.2 Å². The van der Waals surface area contributed by atoms with Crippen molar-refractivity contribution in [3.8, 4) is 0 Å². The van der Waals surface area contributed by atoms with Gasteiger partial charge in [0, 0.05) is 22.9 Å². The SMILES string of the molecule is Cc1cnn(CCNc2ccc(C(=O)O)cc2Br)c1. The van der Waals surface area contributed by atoms with Gasteiger partial charge in [-0.25, -0.2) is 4.79 Å². The van der Waals surface area contributed by atoms with Crippen molar-refractivity contribution in [2.45, 2.75) is 13.5 Å². The number of hydrogen-bond donors (Lipinski definition) is 2. The van der Waals surface area contributed by atoms with E-state index in [2.05, 4.69) is 26.3 Å². The summed E-state index contributed by atoms with van der Waals surface area (Å²) < 4.78 is 2.60. The van der Waals surface area contributed by atoms with E-state index >= 15 is 0 Å². The molecule has 1 heterocycles. The lowest BCUT2D eigenvalue weighted by molar-refractivity contribution is 0.0697. The molecule has 5 nitrogen and oxygen atoms in total. The van der Waals surface area contributed by atoms with E-state index < -0.39 is 5.97 Å². The Morgan fingerprint density at radius 1 is 1.53 bits per heavy atom. The van der Waals surface area contributed by atoms with Gasteiger partial charge in [0.15, 0.2) is 0 Å². The highest BCUT2D eigenvalue weighted by atomic mass is 79.9. The Morgan fingerprint density at radius 3 is 2.89 bits per heavy atom. The van der Waals surface area contributed by atoms with Crippen molar-refractivity contribution in [1.29, 1.82) is 0 Å². The largest absolute Gasteiger partial charge is 0.478 e. The molecule has 2 N–H and O–H groups in total. The normalized spacial score (nSPS) is 10.4. The summed E-state index contributed by atoms with van der Waals surface area (Å²) >= 11 is 3.36. The lowest BCUT2D eigenvalue weighted by atomic mass is 10.2. The van der Waals surface area contributed by atoms with Crippen LogP contribution in [0.25, 0.3) is 0 Å². The van der Waals surface area contributed by atoms with E-state index in [0.717, 1.165) is 22.3 Å². The second-order valence-electron chi connectivity index (χ2n) is 4.21. The molecule has 19 heavy (non-hydrogen) atoms. The molecule has 0 aliphatic heterocycles. The van der Waals surface area contributed by atoms with Gasteiger partial charge in [0.2, 0.25) is 0 Å². The van der Waals surface area contributed by atoms with Crippen LogP contribution in [0.4, 0.5) is 5.69 Å². The molecule has 0 saturated heterocycles. The number of anilines is 1. The summed E-state index contributed by atoms with van der Waals surface area (Å²) in [6.45, 7) is 3.46. The molecular formula is C13H14BrN3O2. The summed E-state index contributed by atoms with van der Waals surface area (Å²) in [4.78, 5) is 10.8.